The molecule has 0 atom stereocenters. The van der Waals surface area contributed by atoms with Crippen LogP contribution in [0.2, 0.25) is 5.02 Å². The van der Waals surface area contributed by atoms with E-state index in [1.165, 1.54) is 18.3 Å². The van der Waals surface area contributed by atoms with Crippen molar-refractivity contribution < 1.29 is 18.3 Å². The first kappa shape index (κ1) is 19.9. The number of nitrogens with one attached hydrogen (secondary N) is 1. The van der Waals surface area contributed by atoms with E-state index in [2.05, 4.69) is 42.4 Å². The van der Waals surface area contributed by atoms with E-state index < -0.39 is 15.9 Å². The number of sulfonamides is 1. The Hall–Kier alpha value is -1.46. The van der Waals surface area contributed by atoms with Crippen LogP contribution in [0.1, 0.15) is 15.9 Å². The molecule has 0 bridgehead atoms. The molecular formula is C14H10Br2ClN3O4S. The highest BCUT2D eigenvalue weighted by Gasteiger charge is 2.16. The standard InChI is InChI=1S/C14H10Br2ClN3O4S/c15-9-3-8(13(21)10(16)5-9)6-19-20-14(22)7-1-2-11(17)12(4-7)25(18,23)24/h1-6,21H,(H,20,22)(H2,18,23,24)/b19-6-. The summed E-state index contributed by atoms with van der Waals surface area (Å²) in [7, 11) is -4.06. The molecule has 0 unspecified atom stereocenters. The van der Waals surface area contributed by atoms with Gasteiger partial charge in [-0.3, -0.25) is 4.79 Å². The Morgan fingerprint density at radius 1 is 1.28 bits per heavy atom. The fraction of sp³-hybridized carbons (Fsp3) is 0. The first-order valence-electron chi connectivity index (χ1n) is 6.43. The molecule has 0 heterocycles. The molecule has 0 radical (unpaired) electrons. The minimum absolute atomic E-state index is 0.00483. The number of primary sulfonamides is 1. The van der Waals surface area contributed by atoms with Crippen LogP contribution in [0.5, 0.6) is 5.75 Å². The van der Waals surface area contributed by atoms with Gasteiger partial charge in [0.25, 0.3) is 5.91 Å². The zero-order chi connectivity index (χ0) is 18.8. The number of halogens is 3. The largest absolute Gasteiger partial charge is 0.506 e. The molecular weight excluding hydrogens is 501 g/mol. The molecule has 2 rings (SSSR count). The number of benzene rings is 2. The van der Waals surface area contributed by atoms with Gasteiger partial charge in [0, 0.05) is 15.6 Å². The van der Waals surface area contributed by atoms with Crippen molar-refractivity contribution in [2.75, 3.05) is 0 Å². The van der Waals surface area contributed by atoms with Gasteiger partial charge in [-0.25, -0.2) is 19.0 Å². The van der Waals surface area contributed by atoms with E-state index in [1.807, 2.05) is 0 Å². The molecule has 25 heavy (non-hydrogen) atoms. The summed E-state index contributed by atoms with van der Waals surface area (Å²) >= 11 is 12.2. The minimum Gasteiger partial charge on any atom is -0.506 e. The van der Waals surface area contributed by atoms with Crippen LogP contribution in [0, 0.1) is 0 Å². The molecule has 0 aromatic heterocycles. The molecule has 4 N–H and O–H groups in total. The van der Waals surface area contributed by atoms with Crippen LogP contribution in [0.3, 0.4) is 0 Å². The third-order valence-electron chi connectivity index (χ3n) is 2.93. The van der Waals surface area contributed by atoms with Gasteiger partial charge in [0.15, 0.2) is 0 Å². The Kier molecular flexibility index (Phi) is 6.22. The fourth-order valence-corrected chi connectivity index (χ4v) is 4.10. The normalized spacial score (nSPS) is 11.7. The first-order chi connectivity index (χ1) is 11.6. The summed E-state index contributed by atoms with van der Waals surface area (Å²) in [6.45, 7) is 0. The van der Waals surface area contributed by atoms with Crippen molar-refractivity contribution in [2.45, 2.75) is 4.90 Å². The lowest BCUT2D eigenvalue weighted by Crippen LogP contribution is -2.19. The predicted octanol–water partition coefficient (Wildman–Crippen LogP) is 2.98. The second-order valence-electron chi connectivity index (χ2n) is 4.71. The van der Waals surface area contributed by atoms with Gasteiger partial charge in [0.05, 0.1) is 15.7 Å². The lowest BCUT2D eigenvalue weighted by atomic mass is 10.2. The smallest absolute Gasteiger partial charge is 0.271 e. The van der Waals surface area contributed by atoms with E-state index in [9.17, 15) is 18.3 Å². The predicted molar refractivity (Wildman–Crippen MR) is 101 cm³/mol. The highest BCUT2D eigenvalue weighted by atomic mass is 79.9. The van der Waals surface area contributed by atoms with Crippen molar-refractivity contribution in [3.8, 4) is 5.75 Å². The number of hydrogen-bond donors (Lipinski definition) is 3. The van der Waals surface area contributed by atoms with Crippen molar-refractivity contribution in [3.63, 3.8) is 0 Å². The van der Waals surface area contributed by atoms with Crippen LogP contribution in [0.15, 0.2) is 49.3 Å². The Morgan fingerprint density at radius 2 is 1.96 bits per heavy atom. The molecule has 7 nitrogen and oxygen atoms in total. The van der Waals surface area contributed by atoms with Gasteiger partial charge in [0.1, 0.15) is 10.6 Å². The van der Waals surface area contributed by atoms with E-state index >= 15 is 0 Å². The summed E-state index contributed by atoms with van der Waals surface area (Å²) in [6.07, 6.45) is 1.24. The average Bonchev–Trinajstić information content (AvgIpc) is 2.51. The second kappa shape index (κ2) is 7.83. The Balaban J connectivity index is 2.21. The quantitative estimate of drug-likeness (QED) is 0.432. The monoisotopic (exact) mass is 509 g/mol. The minimum atomic E-state index is -4.06. The first-order valence-corrected chi connectivity index (χ1v) is 9.94. The van der Waals surface area contributed by atoms with E-state index in [4.69, 9.17) is 16.7 Å². The van der Waals surface area contributed by atoms with Crippen LogP contribution in [-0.4, -0.2) is 25.6 Å². The molecule has 0 fully saturated rings. The molecule has 1 amide bonds. The van der Waals surface area contributed by atoms with Crippen LogP contribution < -0.4 is 10.6 Å². The maximum Gasteiger partial charge on any atom is 0.271 e. The number of phenols is 1. The molecule has 11 heteroatoms. The lowest BCUT2D eigenvalue weighted by molar-refractivity contribution is 0.0955. The fourth-order valence-electron chi connectivity index (χ4n) is 1.77. The van der Waals surface area contributed by atoms with Gasteiger partial charge >= 0.3 is 0 Å². The molecule has 0 aliphatic rings. The summed E-state index contributed by atoms with van der Waals surface area (Å²) in [5, 5.41) is 18.6. The molecule has 2 aromatic rings. The van der Waals surface area contributed by atoms with Gasteiger partial charge in [0.2, 0.25) is 10.0 Å². The Bertz CT molecular complexity index is 980. The number of carbonyl (C=O) groups is 1. The van der Waals surface area contributed by atoms with Gasteiger partial charge in [-0.2, -0.15) is 5.10 Å². The SMILES string of the molecule is NS(=O)(=O)c1cc(C(=O)N/N=C\c2cc(Br)cc(Br)c2O)ccc1Cl. The summed E-state index contributed by atoms with van der Waals surface area (Å²) < 4.78 is 24.0. The number of hydrazone groups is 1. The molecule has 0 aliphatic heterocycles. The third-order valence-corrected chi connectivity index (χ3v) is 5.38. The molecule has 132 valence electrons. The molecule has 2 aromatic carbocycles. The Labute approximate surface area is 165 Å². The van der Waals surface area contributed by atoms with E-state index in [0.29, 0.717) is 14.5 Å². The number of amides is 1. The maximum absolute atomic E-state index is 12.1. The zero-order valence-corrected chi connectivity index (χ0v) is 16.9. The van der Waals surface area contributed by atoms with Crippen LogP contribution in [0.25, 0.3) is 0 Å². The van der Waals surface area contributed by atoms with Gasteiger partial charge in [-0.15, -0.1) is 0 Å². The number of nitrogens with two attached hydrogens (primary N) is 1. The third kappa shape index (κ3) is 5.02. The van der Waals surface area contributed by atoms with Crippen molar-refractivity contribution in [1.29, 1.82) is 0 Å². The highest BCUT2D eigenvalue weighted by Crippen LogP contribution is 2.30. The summed E-state index contributed by atoms with van der Waals surface area (Å²) in [4.78, 5) is 11.7. The summed E-state index contributed by atoms with van der Waals surface area (Å²) in [5.41, 5.74) is 2.58. The van der Waals surface area contributed by atoms with Crippen LogP contribution in [-0.2, 0) is 10.0 Å². The average molecular weight is 512 g/mol. The van der Waals surface area contributed by atoms with Crippen molar-refractivity contribution in [2.24, 2.45) is 10.2 Å². The van der Waals surface area contributed by atoms with Crippen molar-refractivity contribution in [3.05, 3.63) is 55.4 Å². The number of hydrogen-bond acceptors (Lipinski definition) is 5. The maximum atomic E-state index is 12.1. The topological polar surface area (TPSA) is 122 Å². The van der Waals surface area contributed by atoms with Crippen LogP contribution in [0.4, 0.5) is 0 Å². The highest BCUT2D eigenvalue weighted by molar-refractivity contribution is 9.11. The zero-order valence-electron chi connectivity index (χ0n) is 12.2. The molecule has 0 aliphatic carbocycles. The Morgan fingerprint density at radius 3 is 2.60 bits per heavy atom. The molecule has 0 spiro atoms. The van der Waals surface area contributed by atoms with E-state index in [-0.39, 0.29) is 21.2 Å². The van der Waals surface area contributed by atoms with Gasteiger partial charge in [-0.05, 0) is 46.3 Å². The lowest BCUT2D eigenvalue weighted by Gasteiger charge is -2.05. The van der Waals surface area contributed by atoms with E-state index in [0.717, 1.165) is 6.07 Å². The number of phenolic OH excluding ortho intramolecular Hbond substituents is 1. The summed E-state index contributed by atoms with van der Waals surface area (Å²) in [6, 6.07) is 6.87. The summed E-state index contributed by atoms with van der Waals surface area (Å²) in [5.74, 6) is -0.726. The van der Waals surface area contributed by atoms with Crippen molar-refractivity contribution in [1.82, 2.24) is 5.43 Å². The number of rotatable bonds is 4. The second-order valence-corrected chi connectivity index (χ2v) is 8.42. The van der Waals surface area contributed by atoms with Crippen LogP contribution >= 0.6 is 43.5 Å². The van der Waals surface area contributed by atoms with E-state index in [1.54, 1.807) is 12.1 Å². The molecule has 0 saturated heterocycles. The number of nitrogens with zero attached hydrogens (tertiary/aromatic N) is 1. The molecule has 0 saturated carbocycles. The number of aromatic hydroxyl groups is 1. The number of carbonyl (C=O) groups excluding carboxylic acids is 1. The van der Waals surface area contributed by atoms with Crippen molar-refractivity contribution >= 4 is 65.6 Å². The van der Waals surface area contributed by atoms with Gasteiger partial charge < -0.3 is 5.11 Å². The van der Waals surface area contributed by atoms with Gasteiger partial charge in [-0.1, -0.05) is 27.5 Å².